The molecule has 0 aliphatic heterocycles. The molecule has 0 spiro atoms. The third kappa shape index (κ3) is 5.51. The van der Waals surface area contributed by atoms with Gasteiger partial charge in [-0.05, 0) is 48.6 Å². The van der Waals surface area contributed by atoms with Crippen LogP contribution in [-0.2, 0) is 4.79 Å². The molecule has 2 rings (SSSR count). The van der Waals surface area contributed by atoms with Crippen LogP contribution in [0.25, 0.3) is 11.6 Å². The van der Waals surface area contributed by atoms with Gasteiger partial charge in [-0.15, -0.1) is 11.3 Å². The monoisotopic (exact) mass is 394 g/mol. The Kier molecular flexibility index (Phi) is 8.01. The molecule has 0 unspecified atom stereocenters. The van der Waals surface area contributed by atoms with Gasteiger partial charge < -0.3 is 14.6 Å². The van der Waals surface area contributed by atoms with Gasteiger partial charge in [0.15, 0.2) is 11.5 Å². The fraction of sp³-hybridized carbons (Fsp3) is 0.350. The van der Waals surface area contributed by atoms with Crippen molar-refractivity contribution in [1.29, 1.82) is 0 Å². The van der Waals surface area contributed by atoms with Crippen LogP contribution in [0.3, 0.4) is 0 Å². The second-order valence-corrected chi connectivity index (χ2v) is 7.01. The summed E-state index contributed by atoms with van der Waals surface area (Å²) in [6.07, 6.45) is 4.75. The lowest BCUT2D eigenvalue weighted by Crippen LogP contribution is -2.02. The highest BCUT2D eigenvalue weighted by atomic mass is 35.5. The summed E-state index contributed by atoms with van der Waals surface area (Å²) in [4.78, 5) is 12.3. The fourth-order valence-corrected chi connectivity index (χ4v) is 3.45. The maximum Gasteiger partial charge on any atom is 0.337 e. The normalized spacial score (nSPS) is 11.4. The summed E-state index contributed by atoms with van der Waals surface area (Å²) in [5.41, 5.74) is 0.875. The van der Waals surface area contributed by atoms with Crippen LogP contribution in [0.15, 0.2) is 29.6 Å². The van der Waals surface area contributed by atoms with E-state index in [-0.39, 0.29) is 5.57 Å². The molecule has 0 atom stereocenters. The third-order valence-electron chi connectivity index (χ3n) is 3.65. The van der Waals surface area contributed by atoms with Crippen molar-refractivity contribution in [3.8, 4) is 11.5 Å². The smallest absolute Gasteiger partial charge is 0.337 e. The SMILES string of the molecule is CCCCCOc1c(Cl)cc(/C=C(\C(=O)O)c2cccs2)cc1OCC. The van der Waals surface area contributed by atoms with Gasteiger partial charge in [-0.25, -0.2) is 4.79 Å². The minimum Gasteiger partial charge on any atom is -0.490 e. The summed E-state index contributed by atoms with van der Waals surface area (Å²) in [5.74, 6) is 0.0508. The van der Waals surface area contributed by atoms with Crippen LogP contribution < -0.4 is 9.47 Å². The topological polar surface area (TPSA) is 55.8 Å². The Bertz CT molecular complexity index is 753. The van der Waals surface area contributed by atoms with E-state index in [1.807, 2.05) is 18.4 Å². The zero-order chi connectivity index (χ0) is 18.9. The number of benzene rings is 1. The Labute approximate surface area is 163 Å². The molecule has 1 aromatic heterocycles. The minimum atomic E-state index is -0.985. The molecule has 0 radical (unpaired) electrons. The number of hydrogen-bond acceptors (Lipinski definition) is 4. The first-order chi connectivity index (χ1) is 12.6. The highest BCUT2D eigenvalue weighted by molar-refractivity contribution is 7.11. The Morgan fingerprint density at radius 3 is 2.69 bits per heavy atom. The largest absolute Gasteiger partial charge is 0.490 e. The number of thiophene rings is 1. The molecule has 2 aromatic rings. The van der Waals surface area contributed by atoms with Crippen molar-refractivity contribution in [2.75, 3.05) is 13.2 Å². The summed E-state index contributed by atoms with van der Waals surface area (Å²) in [5, 5.41) is 11.8. The lowest BCUT2D eigenvalue weighted by molar-refractivity contribution is -0.130. The molecule has 1 heterocycles. The van der Waals surface area contributed by atoms with E-state index in [1.54, 1.807) is 24.3 Å². The molecular formula is C20H23ClO4S. The number of hydrogen-bond donors (Lipinski definition) is 1. The molecule has 0 aliphatic rings. The lowest BCUT2D eigenvalue weighted by atomic mass is 10.1. The van der Waals surface area contributed by atoms with Crippen molar-refractivity contribution >= 4 is 40.6 Å². The van der Waals surface area contributed by atoms with Gasteiger partial charge >= 0.3 is 5.97 Å². The first-order valence-electron chi connectivity index (χ1n) is 8.64. The molecule has 0 saturated carbocycles. The zero-order valence-electron chi connectivity index (χ0n) is 15.0. The number of carboxylic acid groups (broad SMARTS) is 1. The highest BCUT2D eigenvalue weighted by Crippen LogP contribution is 2.38. The van der Waals surface area contributed by atoms with E-state index >= 15 is 0 Å². The Morgan fingerprint density at radius 2 is 2.08 bits per heavy atom. The van der Waals surface area contributed by atoms with Gasteiger partial charge in [-0.3, -0.25) is 0 Å². The molecule has 6 heteroatoms. The van der Waals surface area contributed by atoms with E-state index in [4.69, 9.17) is 21.1 Å². The van der Waals surface area contributed by atoms with E-state index in [0.29, 0.717) is 40.2 Å². The molecular weight excluding hydrogens is 372 g/mol. The zero-order valence-corrected chi connectivity index (χ0v) is 16.5. The Morgan fingerprint density at radius 1 is 1.27 bits per heavy atom. The van der Waals surface area contributed by atoms with Gasteiger partial charge in [0.1, 0.15) is 0 Å². The number of rotatable bonds is 10. The van der Waals surface area contributed by atoms with Gasteiger partial charge in [0.05, 0.1) is 23.8 Å². The molecule has 0 bridgehead atoms. The van der Waals surface area contributed by atoms with Crippen LogP contribution in [-0.4, -0.2) is 24.3 Å². The molecule has 140 valence electrons. The maximum atomic E-state index is 11.6. The number of ether oxygens (including phenoxy) is 2. The molecule has 0 fully saturated rings. The van der Waals surface area contributed by atoms with E-state index in [2.05, 4.69) is 6.92 Å². The second-order valence-electron chi connectivity index (χ2n) is 5.66. The van der Waals surface area contributed by atoms with Crippen LogP contribution >= 0.6 is 22.9 Å². The van der Waals surface area contributed by atoms with Crippen molar-refractivity contribution in [1.82, 2.24) is 0 Å². The highest BCUT2D eigenvalue weighted by Gasteiger charge is 2.15. The first-order valence-corrected chi connectivity index (χ1v) is 9.90. The summed E-state index contributed by atoms with van der Waals surface area (Å²) in [6.45, 7) is 5.04. The summed E-state index contributed by atoms with van der Waals surface area (Å²) < 4.78 is 11.5. The molecule has 0 saturated heterocycles. The molecule has 0 aliphatic carbocycles. The van der Waals surface area contributed by atoms with Crippen LogP contribution in [0.2, 0.25) is 5.02 Å². The molecule has 1 aromatic carbocycles. The average Bonchev–Trinajstić information content (AvgIpc) is 3.12. The van der Waals surface area contributed by atoms with Crippen LogP contribution in [0.5, 0.6) is 11.5 Å². The van der Waals surface area contributed by atoms with Crippen molar-refractivity contribution in [3.63, 3.8) is 0 Å². The van der Waals surface area contributed by atoms with Crippen molar-refractivity contribution in [2.45, 2.75) is 33.1 Å². The van der Waals surface area contributed by atoms with Gasteiger partial charge in [0.2, 0.25) is 0 Å². The van der Waals surface area contributed by atoms with E-state index in [0.717, 1.165) is 19.3 Å². The number of halogens is 1. The quantitative estimate of drug-likeness (QED) is 0.397. The molecule has 4 nitrogen and oxygen atoms in total. The number of aliphatic carboxylic acids is 1. The summed E-state index contributed by atoms with van der Waals surface area (Å²) >= 11 is 7.77. The predicted octanol–water partition coefficient (Wildman–Crippen LogP) is 5.99. The van der Waals surface area contributed by atoms with Gasteiger partial charge in [-0.1, -0.05) is 37.4 Å². The van der Waals surface area contributed by atoms with E-state index in [1.165, 1.54) is 11.3 Å². The fourth-order valence-electron chi connectivity index (χ4n) is 2.44. The van der Waals surface area contributed by atoms with Crippen molar-refractivity contribution < 1.29 is 19.4 Å². The Hall–Kier alpha value is -1.98. The Balaban J connectivity index is 2.34. The predicted molar refractivity (Wildman–Crippen MR) is 107 cm³/mol. The second kappa shape index (κ2) is 10.2. The number of carboxylic acids is 1. The number of unbranched alkanes of at least 4 members (excludes halogenated alkanes) is 2. The molecule has 0 amide bonds. The average molecular weight is 395 g/mol. The van der Waals surface area contributed by atoms with Crippen LogP contribution in [0.4, 0.5) is 0 Å². The lowest BCUT2D eigenvalue weighted by Gasteiger charge is -2.14. The van der Waals surface area contributed by atoms with Gasteiger partial charge in [-0.2, -0.15) is 0 Å². The minimum absolute atomic E-state index is 0.218. The van der Waals surface area contributed by atoms with E-state index in [9.17, 15) is 9.90 Å². The van der Waals surface area contributed by atoms with E-state index < -0.39 is 5.97 Å². The van der Waals surface area contributed by atoms with Crippen LogP contribution in [0, 0.1) is 0 Å². The summed E-state index contributed by atoms with van der Waals surface area (Å²) in [6, 6.07) is 7.07. The van der Waals surface area contributed by atoms with Gasteiger partial charge in [0, 0.05) is 4.88 Å². The van der Waals surface area contributed by atoms with Crippen molar-refractivity contribution in [2.24, 2.45) is 0 Å². The first kappa shape index (κ1) is 20.3. The van der Waals surface area contributed by atoms with Crippen molar-refractivity contribution in [3.05, 3.63) is 45.1 Å². The molecule has 26 heavy (non-hydrogen) atoms. The maximum absolute atomic E-state index is 11.6. The molecule has 1 N–H and O–H groups in total. The number of carbonyl (C=O) groups is 1. The summed E-state index contributed by atoms with van der Waals surface area (Å²) in [7, 11) is 0. The standard InChI is InChI=1S/C20H23ClO4S/c1-3-5-6-9-25-19-16(21)12-14(13-17(19)24-4-2)11-15(20(22)23)18-8-7-10-26-18/h7-8,10-13H,3-6,9H2,1-2H3,(H,22,23)/b15-11-. The van der Waals surface area contributed by atoms with Crippen LogP contribution in [0.1, 0.15) is 43.6 Å². The third-order valence-corrected chi connectivity index (χ3v) is 4.84. The van der Waals surface area contributed by atoms with Gasteiger partial charge in [0.25, 0.3) is 0 Å².